The third kappa shape index (κ3) is 4.78. The molecule has 1 aromatic carbocycles. The zero-order chi connectivity index (χ0) is 15.5. The van der Waals surface area contributed by atoms with Crippen LogP contribution in [0.1, 0.15) is 28.2 Å². The fourth-order valence-electron chi connectivity index (χ4n) is 1.72. The van der Waals surface area contributed by atoms with Crippen LogP contribution < -0.4 is 5.32 Å². The quantitative estimate of drug-likeness (QED) is 0.811. The van der Waals surface area contributed by atoms with E-state index in [-0.39, 0.29) is 28.6 Å². The number of thioether (sulfide) groups is 1. The topological polar surface area (TPSA) is 29.1 Å². The number of hydrogen-bond acceptors (Lipinski definition) is 3. The highest BCUT2D eigenvalue weighted by Crippen LogP contribution is 2.37. The number of nitrogens with one attached hydrogen (secondary N) is 1. The molecular formula is C14H12F3NOS2. The first-order chi connectivity index (χ1) is 9.85. The first kappa shape index (κ1) is 15.9. The summed E-state index contributed by atoms with van der Waals surface area (Å²) in [5.41, 5.74) is -3.54. The highest BCUT2D eigenvalue weighted by Gasteiger charge is 2.29. The van der Waals surface area contributed by atoms with Gasteiger partial charge in [0.2, 0.25) is 0 Å². The second kappa shape index (κ2) is 6.53. The Labute approximate surface area is 128 Å². The maximum Gasteiger partial charge on any atom is 0.446 e. The van der Waals surface area contributed by atoms with Gasteiger partial charge in [0.1, 0.15) is 0 Å². The van der Waals surface area contributed by atoms with Gasteiger partial charge in [-0.25, -0.2) is 0 Å². The van der Waals surface area contributed by atoms with Crippen molar-refractivity contribution < 1.29 is 18.0 Å². The summed E-state index contributed by atoms with van der Waals surface area (Å²) in [5.74, 6) is -0.189. The van der Waals surface area contributed by atoms with Gasteiger partial charge >= 0.3 is 5.51 Å². The summed E-state index contributed by atoms with van der Waals surface area (Å²) in [6, 6.07) is 9.22. The third-order valence-corrected chi connectivity index (χ3v) is 4.31. The van der Waals surface area contributed by atoms with Gasteiger partial charge in [-0.1, -0.05) is 18.2 Å². The van der Waals surface area contributed by atoms with E-state index < -0.39 is 5.51 Å². The first-order valence-electron chi connectivity index (χ1n) is 6.05. The number of alkyl halides is 3. The normalized spacial score (nSPS) is 13.0. The van der Waals surface area contributed by atoms with Gasteiger partial charge in [0.25, 0.3) is 5.91 Å². The van der Waals surface area contributed by atoms with Gasteiger partial charge in [-0.15, -0.1) is 11.3 Å². The molecule has 0 spiro atoms. The van der Waals surface area contributed by atoms with Crippen LogP contribution >= 0.6 is 23.1 Å². The molecule has 0 saturated carbocycles. The van der Waals surface area contributed by atoms with Crippen LogP contribution in [0.5, 0.6) is 0 Å². The molecule has 2 rings (SSSR count). The molecule has 2 aromatic rings. The fourth-order valence-corrected chi connectivity index (χ4v) is 2.88. The standard InChI is InChI=1S/C14H12F3NOS2/c1-9(18-13(19)12-3-2-8-20-12)10-4-6-11(7-5-10)21-14(15,16)17/h2-9H,1H3,(H,18,19). The van der Waals surface area contributed by atoms with E-state index in [2.05, 4.69) is 5.32 Å². The van der Waals surface area contributed by atoms with Crippen LogP contribution in [0.15, 0.2) is 46.7 Å². The van der Waals surface area contributed by atoms with Crippen molar-refractivity contribution in [2.75, 3.05) is 0 Å². The van der Waals surface area contributed by atoms with Crippen LogP contribution in [0.3, 0.4) is 0 Å². The second-order valence-corrected chi connectivity index (χ2v) is 6.38. The fraction of sp³-hybridized carbons (Fsp3) is 0.214. The van der Waals surface area contributed by atoms with Crippen molar-refractivity contribution in [3.8, 4) is 0 Å². The molecule has 2 nitrogen and oxygen atoms in total. The summed E-state index contributed by atoms with van der Waals surface area (Å²) >= 11 is 1.18. The Balaban J connectivity index is 2.00. The molecule has 1 aromatic heterocycles. The average molecular weight is 331 g/mol. The van der Waals surface area contributed by atoms with E-state index in [0.29, 0.717) is 4.88 Å². The second-order valence-electron chi connectivity index (χ2n) is 4.29. The Kier molecular flexibility index (Phi) is 4.95. The molecular weight excluding hydrogens is 319 g/mol. The predicted molar refractivity (Wildman–Crippen MR) is 78.6 cm³/mol. The summed E-state index contributed by atoms with van der Waals surface area (Å²) in [7, 11) is 0. The Morgan fingerprint density at radius 2 is 1.90 bits per heavy atom. The average Bonchev–Trinajstić information content (AvgIpc) is 2.91. The molecule has 21 heavy (non-hydrogen) atoms. The number of amides is 1. The SMILES string of the molecule is CC(NC(=O)c1cccs1)c1ccc(SC(F)(F)F)cc1. The van der Waals surface area contributed by atoms with E-state index in [9.17, 15) is 18.0 Å². The maximum absolute atomic E-state index is 12.2. The molecule has 1 atom stereocenters. The minimum Gasteiger partial charge on any atom is -0.345 e. The Bertz CT molecular complexity index is 594. The number of thiophene rings is 1. The molecule has 112 valence electrons. The Morgan fingerprint density at radius 1 is 1.24 bits per heavy atom. The summed E-state index contributed by atoms with van der Waals surface area (Å²) in [6.45, 7) is 1.79. The van der Waals surface area contributed by atoms with Gasteiger partial charge in [-0.05, 0) is 47.8 Å². The van der Waals surface area contributed by atoms with Gasteiger partial charge in [-0.2, -0.15) is 13.2 Å². The van der Waals surface area contributed by atoms with Crippen LogP contribution in [0.2, 0.25) is 0 Å². The van der Waals surface area contributed by atoms with Gasteiger partial charge in [0, 0.05) is 4.90 Å². The summed E-state index contributed by atoms with van der Waals surface area (Å²) in [4.78, 5) is 12.6. The van der Waals surface area contributed by atoms with Crippen molar-refractivity contribution in [3.05, 3.63) is 52.2 Å². The number of halogens is 3. The molecule has 0 fully saturated rings. The van der Waals surface area contributed by atoms with Crippen molar-refractivity contribution in [2.24, 2.45) is 0 Å². The van der Waals surface area contributed by atoms with Crippen LogP contribution in [-0.4, -0.2) is 11.4 Å². The monoisotopic (exact) mass is 331 g/mol. The molecule has 7 heteroatoms. The first-order valence-corrected chi connectivity index (χ1v) is 7.75. The molecule has 0 aliphatic rings. The van der Waals surface area contributed by atoms with Crippen LogP contribution in [-0.2, 0) is 0 Å². The molecule has 0 bridgehead atoms. The van der Waals surface area contributed by atoms with Crippen LogP contribution in [0, 0.1) is 0 Å². The smallest absolute Gasteiger partial charge is 0.345 e. The summed E-state index contributed by atoms with van der Waals surface area (Å²) in [6.07, 6.45) is 0. The molecule has 0 saturated heterocycles. The molecule has 1 N–H and O–H groups in total. The summed E-state index contributed by atoms with van der Waals surface area (Å²) in [5, 5.41) is 4.62. The van der Waals surface area contributed by atoms with Crippen molar-refractivity contribution in [1.82, 2.24) is 5.32 Å². The van der Waals surface area contributed by atoms with Crippen LogP contribution in [0.25, 0.3) is 0 Å². The minimum atomic E-state index is -4.29. The number of rotatable bonds is 4. The number of hydrogen-bond donors (Lipinski definition) is 1. The molecule has 0 aliphatic carbocycles. The van der Waals surface area contributed by atoms with Gasteiger partial charge in [0.05, 0.1) is 10.9 Å². The van der Waals surface area contributed by atoms with Crippen LogP contribution in [0.4, 0.5) is 13.2 Å². The van der Waals surface area contributed by atoms with E-state index in [1.165, 1.54) is 23.5 Å². The lowest BCUT2D eigenvalue weighted by molar-refractivity contribution is -0.0328. The molecule has 1 heterocycles. The minimum absolute atomic E-state index is 0.128. The van der Waals surface area contributed by atoms with E-state index >= 15 is 0 Å². The lowest BCUT2D eigenvalue weighted by Crippen LogP contribution is -2.25. The number of carbonyl (C=O) groups excluding carboxylic acids is 1. The van der Waals surface area contributed by atoms with Crippen molar-refractivity contribution in [2.45, 2.75) is 23.4 Å². The molecule has 1 unspecified atom stereocenters. The van der Waals surface area contributed by atoms with E-state index in [1.54, 1.807) is 31.2 Å². The van der Waals surface area contributed by atoms with E-state index in [0.717, 1.165) is 5.56 Å². The lowest BCUT2D eigenvalue weighted by Gasteiger charge is -2.14. The number of carbonyl (C=O) groups is 1. The zero-order valence-corrected chi connectivity index (χ0v) is 12.6. The maximum atomic E-state index is 12.2. The summed E-state index contributed by atoms with van der Waals surface area (Å²) < 4.78 is 36.7. The molecule has 0 radical (unpaired) electrons. The largest absolute Gasteiger partial charge is 0.446 e. The Morgan fingerprint density at radius 3 is 2.43 bits per heavy atom. The Hall–Kier alpha value is -1.47. The van der Waals surface area contributed by atoms with E-state index in [1.807, 2.05) is 5.38 Å². The lowest BCUT2D eigenvalue weighted by atomic mass is 10.1. The highest BCUT2D eigenvalue weighted by atomic mass is 32.2. The van der Waals surface area contributed by atoms with Crippen molar-refractivity contribution in [1.29, 1.82) is 0 Å². The third-order valence-electron chi connectivity index (χ3n) is 2.71. The van der Waals surface area contributed by atoms with E-state index in [4.69, 9.17) is 0 Å². The van der Waals surface area contributed by atoms with Crippen molar-refractivity contribution in [3.63, 3.8) is 0 Å². The van der Waals surface area contributed by atoms with Gasteiger partial charge in [-0.3, -0.25) is 4.79 Å². The predicted octanol–water partition coefficient (Wildman–Crippen LogP) is 4.85. The zero-order valence-electron chi connectivity index (χ0n) is 11.0. The molecule has 0 aliphatic heterocycles. The number of benzene rings is 1. The van der Waals surface area contributed by atoms with Crippen molar-refractivity contribution >= 4 is 29.0 Å². The molecule has 1 amide bonds. The van der Waals surface area contributed by atoms with Gasteiger partial charge in [0.15, 0.2) is 0 Å². The van der Waals surface area contributed by atoms with Gasteiger partial charge < -0.3 is 5.32 Å². The highest BCUT2D eigenvalue weighted by molar-refractivity contribution is 8.00.